The summed E-state index contributed by atoms with van der Waals surface area (Å²) in [5.41, 5.74) is -0.268. The van der Waals surface area contributed by atoms with Crippen LogP contribution in [0.3, 0.4) is 0 Å². The number of esters is 2. The molecular formula is C16H17BrO6. The molecule has 6 aliphatic carbocycles. The number of alkyl halides is 1. The molecule has 23 heavy (non-hydrogen) atoms. The molecule has 1 saturated heterocycles. The van der Waals surface area contributed by atoms with E-state index in [2.05, 4.69) is 15.9 Å². The molecule has 6 nitrogen and oxygen atoms in total. The minimum atomic E-state index is -0.796. The van der Waals surface area contributed by atoms with E-state index in [1.54, 1.807) is 0 Å². The second-order valence-electron chi connectivity index (χ2n) is 7.77. The molecule has 0 unspecified atom stereocenters. The Balaban J connectivity index is 1.44. The number of rotatable bonds is 3. The summed E-state index contributed by atoms with van der Waals surface area (Å²) in [6.45, 7) is 1.25. The van der Waals surface area contributed by atoms with Crippen molar-refractivity contribution in [3.05, 3.63) is 0 Å². The lowest BCUT2D eigenvalue weighted by Crippen LogP contribution is -2.94. The van der Waals surface area contributed by atoms with E-state index in [1.807, 2.05) is 0 Å². The fourth-order valence-corrected chi connectivity index (χ4v) is 9.65. The van der Waals surface area contributed by atoms with Gasteiger partial charge in [-0.2, -0.15) is 0 Å². The van der Waals surface area contributed by atoms with E-state index < -0.39 is 23.6 Å². The molecule has 7 fully saturated rings. The first-order valence-corrected chi connectivity index (χ1v) is 8.95. The first kappa shape index (κ1) is 13.6. The van der Waals surface area contributed by atoms with Gasteiger partial charge in [-0.1, -0.05) is 15.9 Å². The van der Waals surface area contributed by atoms with Crippen LogP contribution < -0.4 is 0 Å². The summed E-state index contributed by atoms with van der Waals surface area (Å²) < 4.78 is 22.0. The molecule has 7 rings (SSSR count). The Labute approximate surface area is 141 Å². The van der Waals surface area contributed by atoms with Crippen molar-refractivity contribution < 1.29 is 28.5 Å². The standard InChI is InChI=1S/C16H17BrO6/c1-20-12(18)11(13(19)21-2)14-5-8-6(14)10-7(14)9(5)15(8,17)16(10)22-3-4-23-16/h5-11H,3-4H2,1-2H3/t5?,6-,7-,8-,9-,10?,14?,15?/m0/s1. The van der Waals surface area contributed by atoms with Gasteiger partial charge in [0.05, 0.1) is 31.8 Å². The van der Waals surface area contributed by atoms with Crippen LogP contribution in [0, 0.1) is 46.8 Å². The van der Waals surface area contributed by atoms with Crippen LogP contribution in [0.4, 0.5) is 0 Å². The zero-order valence-electron chi connectivity index (χ0n) is 12.8. The zero-order chi connectivity index (χ0) is 15.9. The van der Waals surface area contributed by atoms with Crippen LogP contribution >= 0.6 is 15.9 Å². The van der Waals surface area contributed by atoms with E-state index in [0.29, 0.717) is 48.7 Å². The lowest BCUT2D eigenvalue weighted by molar-refractivity contribution is -0.450. The maximum absolute atomic E-state index is 12.3. The highest BCUT2D eigenvalue weighted by atomic mass is 79.9. The Morgan fingerprint density at radius 2 is 1.43 bits per heavy atom. The first-order chi connectivity index (χ1) is 11.0. The van der Waals surface area contributed by atoms with Gasteiger partial charge in [-0.15, -0.1) is 0 Å². The van der Waals surface area contributed by atoms with E-state index >= 15 is 0 Å². The fourth-order valence-electron chi connectivity index (χ4n) is 8.02. The molecular weight excluding hydrogens is 368 g/mol. The maximum Gasteiger partial charge on any atom is 0.320 e. The Bertz CT molecular complexity index is 633. The van der Waals surface area contributed by atoms with Crippen LogP contribution in [0.25, 0.3) is 0 Å². The van der Waals surface area contributed by atoms with E-state index in [0.717, 1.165) is 0 Å². The van der Waals surface area contributed by atoms with E-state index in [4.69, 9.17) is 18.9 Å². The van der Waals surface area contributed by atoms with Gasteiger partial charge in [-0.05, 0) is 29.6 Å². The van der Waals surface area contributed by atoms with Crippen molar-refractivity contribution in [2.24, 2.45) is 46.8 Å². The van der Waals surface area contributed by atoms with Crippen LogP contribution in [0.15, 0.2) is 0 Å². The molecule has 0 radical (unpaired) electrons. The highest BCUT2D eigenvalue weighted by Crippen LogP contribution is 3.05. The highest BCUT2D eigenvalue weighted by Gasteiger charge is 3.10. The molecule has 124 valence electrons. The van der Waals surface area contributed by atoms with Crippen molar-refractivity contribution >= 4 is 27.9 Å². The molecule has 1 heterocycles. The summed E-state index contributed by atoms with van der Waals surface area (Å²) in [6, 6.07) is 0. The number of carbonyl (C=O) groups excluding carboxylic acids is 2. The van der Waals surface area contributed by atoms with Gasteiger partial charge in [-0.25, -0.2) is 0 Å². The molecule has 0 aromatic heterocycles. The molecule has 7 heteroatoms. The van der Waals surface area contributed by atoms with Gasteiger partial charge in [0, 0.05) is 11.3 Å². The second-order valence-corrected chi connectivity index (χ2v) is 9.08. The number of hydrogen-bond donors (Lipinski definition) is 0. The lowest BCUT2D eigenvalue weighted by Gasteiger charge is -2.92. The number of ether oxygens (including phenoxy) is 4. The Morgan fingerprint density at radius 1 is 0.957 bits per heavy atom. The molecule has 2 bridgehead atoms. The lowest BCUT2D eigenvalue weighted by atomic mass is 9.11. The van der Waals surface area contributed by atoms with Gasteiger partial charge < -0.3 is 18.9 Å². The minimum absolute atomic E-state index is 0.111. The third kappa shape index (κ3) is 0.878. The van der Waals surface area contributed by atoms with Crippen LogP contribution in [0.2, 0.25) is 0 Å². The summed E-state index contributed by atoms with van der Waals surface area (Å²) in [6.07, 6.45) is 0. The average molecular weight is 385 g/mol. The Morgan fingerprint density at radius 3 is 1.91 bits per heavy atom. The molecule has 0 amide bonds. The quantitative estimate of drug-likeness (QED) is 0.402. The Hall–Kier alpha value is -0.660. The highest BCUT2D eigenvalue weighted by molar-refractivity contribution is 9.10. The molecule has 0 aromatic carbocycles. The number of methoxy groups -OCH3 is 2. The second kappa shape index (κ2) is 3.48. The monoisotopic (exact) mass is 384 g/mol. The minimum Gasteiger partial charge on any atom is -0.468 e. The predicted molar refractivity (Wildman–Crippen MR) is 77.2 cm³/mol. The Kier molecular flexibility index (Phi) is 2.06. The van der Waals surface area contributed by atoms with Gasteiger partial charge >= 0.3 is 11.9 Å². The van der Waals surface area contributed by atoms with Crippen LogP contribution in [-0.4, -0.2) is 49.5 Å². The maximum atomic E-state index is 12.3. The van der Waals surface area contributed by atoms with Gasteiger partial charge in [0.15, 0.2) is 11.7 Å². The number of halogens is 1. The van der Waals surface area contributed by atoms with E-state index in [9.17, 15) is 9.59 Å². The van der Waals surface area contributed by atoms with Crippen LogP contribution in [-0.2, 0) is 28.5 Å². The topological polar surface area (TPSA) is 71.1 Å². The van der Waals surface area contributed by atoms with Crippen molar-refractivity contribution in [1.82, 2.24) is 0 Å². The molecule has 0 N–H and O–H groups in total. The number of hydrogen-bond acceptors (Lipinski definition) is 6. The third-order valence-corrected chi connectivity index (χ3v) is 9.70. The summed E-state index contributed by atoms with van der Waals surface area (Å²) in [7, 11) is 2.67. The fraction of sp³-hybridized carbons (Fsp3) is 0.875. The zero-order valence-corrected chi connectivity index (χ0v) is 14.4. The summed E-state index contributed by atoms with van der Waals surface area (Å²) in [5.74, 6) is -0.0945. The molecule has 0 aromatic rings. The third-order valence-electron chi connectivity index (χ3n) is 8.09. The number of carbonyl (C=O) groups is 2. The average Bonchev–Trinajstić information content (AvgIpc) is 3.09. The summed E-state index contributed by atoms with van der Waals surface area (Å²) >= 11 is 3.97. The van der Waals surface area contributed by atoms with Crippen LogP contribution in [0.5, 0.6) is 0 Å². The van der Waals surface area contributed by atoms with E-state index in [-0.39, 0.29) is 9.74 Å². The SMILES string of the molecule is COC(=O)C(C(=O)OC)C12C3[C@H]4[C@H]1C1[C@@H]2[C@H]3C4(Br)C12OCCO2. The summed E-state index contributed by atoms with van der Waals surface area (Å²) in [4.78, 5) is 24.7. The van der Waals surface area contributed by atoms with Gasteiger partial charge in [0.2, 0.25) is 0 Å². The van der Waals surface area contributed by atoms with Gasteiger partial charge in [0.25, 0.3) is 0 Å². The van der Waals surface area contributed by atoms with Crippen LogP contribution in [0.1, 0.15) is 0 Å². The first-order valence-electron chi connectivity index (χ1n) is 8.16. The predicted octanol–water partition coefficient (Wildman–Crippen LogP) is 0.577. The molecule has 1 aliphatic heterocycles. The molecule has 7 aliphatic rings. The smallest absolute Gasteiger partial charge is 0.320 e. The largest absolute Gasteiger partial charge is 0.468 e. The molecule has 4 atom stereocenters. The van der Waals surface area contributed by atoms with Crippen molar-refractivity contribution in [2.75, 3.05) is 27.4 Å². The molecule has 1 spiro atoms. The van der Waals surface area contributed by atoms with Crippen molar-refractivity contribution in [3.8, 4) is 0 Å². The van der Waals surface area contributed by atoms with Crippen molar-refractivity contribution in [2.45, 2.75) is 10.1 Å². The summed E-state index contributed by atoms with van der Waals surface area (Å²) in [5, 5.41) is 0. The normalized spacial score (nSPS) is 57.2. The van der Waals surface area contributed by atoms with E-state index in [1.165, 1.54) is 14.2 Å². The van der Waals surface area contributed by atoms with Crippen molar-refractivity contribution in [3.63, 3.8) is 0 Å². The van der Waals surface area contributed by atoms with Gasteiger partial charge in [-0.3, -0.25) is 9.59 Å². The van der Waals surface area contributed by atoms with Crippen molar-refractivity contribution in [1.29, 1.82) is 0 Å². The molecule has 6 saturated carbocycles. The van der Waals surface area contributed by atoms with Gasteiger partial charge in [0.1, 0.15) is 0 Å².